The zero-order valence-corrected chi connectivity index (χ0v) is 4.70. The molecule has 0 fully saturated rings. The summed E-state index contributed by atoms with van der Waals surface area (Å²) in [5, 5.41) is 0. The Morgan fingerprint density at radius 3 is 2.83 bits per heavy atom. The Hall–Kier alpha value is -0.0900. The first-order valence-electron chi connectivity index (χ1n) is 2.07. The first-order valence-corrected chi connectivity index (χ1v) is 3.10. The van der Waals surface area contributed by atoms with Gasteiger partial charge in [0.15, 0.2) is 0 Å². The largest absolute Gasteiger partial charge is 0.0806 e. The Labute approximate surface area is 39.7 Å². The summed E-state index contributed by atoms with van der Waals surface area (Å²) in [6.07, 6.45) is 1.21. The lowest BCUT2D eigenvalue weighted by atomic mass is 10.3. The highest BCUT2D eigenvalue weighted by molar-refractivity contribution is 7.42. The van der Waals surface area contributed by atoms with E-state index in [-0.39, 0.29) is 0 Å². The lowest BCUT2D eigenvalue weighted by Gasteiger charge is -1.78. The van der Waals surface area contributed by atoms with E-state index in [1.54, 1.807) is 0 Å². The zero-order valence-electron chi connectivity index (χ0n) is 3.81. The quantitative estimate of drug-likeness (QED) is 0.407. The van der Waals surface area contributed by atoms with Crippen LogP contribution in [-0.2, 0) is 0 Å². The van der Waals surface area contributed by atoms with Crippen molar-refractivity contribution in [2.45, 2.75) is 13.3 Å². The number of allylic oxidation sites excluding steroid dienone is 1. The van der Waals surface area contributed by atoms with Crippen LogP contribution < -0.4 is 0 Å². The molecule has 1 heterocycles. The molecule has 1 rings (SSSR count). The summed E-state index contributed by atoms with van der Waals surface area (Å²) in [5.41, 5.74) is 1.51. The number of hydrogen-bond donors (Lipinski definition) is 0. The highest BCUT2D eigenvalue weighted by Gasteiger charge is 1.86. The van der Waals surface area contributed by atoms with Crippen molar-refractivity contribution in [3.63, 3.8) is 0 Å². The van der Waals surface area contributed by atoms with Gasteiger partial charge in [0.25, 0.3) is 0 Å². The maximum absolute atomic E-state index is 2.26. The summed E-state index contributed by atoms with van der Waals surface area (Å²) in [6.45, 7) is 2.16. The van der Waals surface area contributed by atoms with Gasteiger partial charge in [-0.15, -0.1) is 0 Å². The molecule has 0 bridgehead atoms. The molecular weight excluding hydrogens is 91.0 g/mol. The van der Waals surface area contributed by atoms with Crippen LogP contribution in [0.2, 0.25) is 0 Å². The van der Waals surface area contributed by atoms with E-state index in [0.29, 0.717) is 0 Å². The fourth-order valence-corrected chi connectivity index (χ4v) is 1.29. The molecule has 0 nitrogen and oxygen atoms in total. The van der Waals surface area contributed by atoms with E-state index in [9.17, 15) is 0 Å². The van der Waals surface area contributed by atoms with Crippen molar-refractivity contribution in [3.8, 4) is 0 Å². The third-order valence-corrected chi connectivity index (χ3v) is 1.80. The fraction of sp³-hybridized carbons (Fsp3) is 0.400. The van der Waals surface area contributed by atoms with Crippen LogP contribution in [0.15, 0.2) is 11.4 Å². The second kappa shape index (κ2) is 1.57. The van der Waals surface area contributed by atoms with Crippen molar-refractivity contribution < 1.29 is 0 Å². The van der Waals surface area contributed by atoms with Crippen molar-refractivity contribution in [3.05, 3.63) is 11.4 Å². The van der Waals surface area contributed by atoms with Gasteiger partial charge >= 0.3 is 0 Å². The average molecular weight is 98.1 g/mol. The Morgan fingerprint density at radius 1 is 1.83 bits per heavy atom. The maximum atomic E-state index is 2.26. The van der Waals surface area contributed by atoms with Gasteiger partial charge in [-0.05, 0) is 19.2 Å². The van der Waals surface area contributed by atoms with Gasteiger partial charge < -0.3 is 0 Å². The highest BCUT2D eigenvalue weighted by Crippen LogP contribution is 2.14. The summed E-state index contributed by atoms with van der Waals surface area (Å²) >= 11 is 0. The molecule has 1 heteroatoms. The SMILES string of the molecule is CC1=CP=CC1. The molecule has 0 aromatic rings. The van der Waals surface area contributed by atoms with E-state index in [4.69, 9.17) is 0 Å². The second-order valence-electron chi connectivity index (χ2n) is 1.51. The Balaban J connectivity index is 2.61. The average Bonchev–Trinajstić information content (AvgIpc) is 1.86. The van der Waals surface area contributed by atoms with Gasteiger partial charge in [-0.3, -0.25) is 0 Å². The number of rotatable bonds is 0. The van der Waals surface area contributed by atoms with Crippen LogP contribution in [0.25, 0.3) is 0 Å². The number of hydrogen-bond acceptors (Lipinski definition) is 0. The molecule has 32 valence electrons. The molecule has 0 aromatic carbocycles. The second-order valence-corrected chi connectivity index (χ2v) is 2.43. The smallest absolute Gasteiger partial charge is 0.00886 e. The van der Waals surface area contributed by atoms with Crippen molar-refractivity contribution >= 4 is 14.0 Å². The maximum Gasteiger partial charge on any atom is -0.00886 e. The molecule has 1 aliphatic heterocycles. The third kappa shape index (κ3) is 0.693. The molecule has 0 unspecified atom stereocenters. The summed E-state index contributed by atoms with van der Waals surface area (Å²) in [6, 6.07) is 0. The monoisotopic (exact) mass is 98.0 g/mol. The summed E-state index contributed by atoms with van der Waals surface area (Å²) in [4.78, 5) is 0. The normalized spacial score (nSPS) is 21.2. The standard InChI is InChI=1S/C5H7P/c1-5-2-3-6-4-5/h3-4H,2H2,1H3. The van der Waals surface area contributed by atoms with Crippen molar-refractivity contribution in [2.75, 3.05) is 0 Å². The Morgan fingerprint density at radius 2 is 2.67 bits per heavy atom. The molecule has 6 heavy (non-hydrogen) atoms. The minimum atomic E-state index is 1.21. The van der Waals surface area contributed by atoms with Crippen molar-refractivity contribution in [1.29, 1.82) is 0 Å². The fourth-order valence-electron chi connectivity index (χ4n) is 0.429. The minimum Gasteiger partial charge on any atom is -0.0806 e. The summed E-state index contributed by atoms with van der Waals surface area (Å²) < 4.78 is 0. The van der Waals surface area contributed by atoms with Crippen LogP contribution in [-0.4, -0.2) is 5.80 Å². The van der Waals surface area contributed by atoms with E-state index in [1.807, 2.05) is 0 Å². The van der Waals surface area contributed by atoms with E-state index in [1.165, 1.54) is 20.2 Å². The van der Waals surface area contributed by atoms with E-state index in [0.717, 1.165) is 0 Å². The van der Waals surface area contributed by atoms with Crippen LogP contribution in [0.4, 0.5) is 0 Å². The first kappa shape index (κ1) is 4.08. The summed E-state index contributed by atoms with van der Waals surface area (Å²) in [5.74, 6) is 4.50. The Bertz CT molecular complexity index is 101. The molecule has 0 N–H and O–H groups in total. The lowest BCUT2D eigenvalue weighted by Crippen LogP contribution is -1.64. The topological polar surface area (TPSA) is 0 Å². The first-order chi connectivity index (χ1) is 2.89. The van der Waals surface area contributed by atoms with Crippen LogP contribution in [0.1, 0.15) is 13.3 Å². The molecule has 0 saturated heterocycles. The predicted octanol–water partition coefficient (Wildman–Crippen LogP) is 2.04. The predicted molar refractivity (Wildman–Crippen MR) is 31.4 cm³/mol. The van der Waals surface area contributed by atoms with Crippen molar-refractivity contribution in [2.24, 2.45) is 0 Å². The molecule has 0 radical (unpaired) electrons. The van der Waals surface area contributed by atoms with Gasteiger partial charge in [0, 0.05) is 0 Å². The van der Waals surface area contributed by atoms with Crippen LogP contribution >= 0.6 is 8.20 Å². The van der Waals surface area contributed by atoms with Crippen molar-refractivity contribution in [1.82, 2.24) is 0 Å². The zero-order chi connectivity index (χ0) is 4.41. The van der Waals surface area contributed by atoms with Crippen LogP contribution in [0.3, 0.4) is 0 Å². The van der Waals surface area contributed by atoms with Gasteiger partial charge in [-0.1, -0.05) is 19.6 Å². The molecule has 0 spiro atoms. The van der Waals surface area contributed by atoms with Gasteiger partial charge in [-0.25, -0.2) is 0 Å². The Kier molecular flexibility index (Phi) is 1.07. The molecular formula is C5H7P. The van der Waals surface area contributed by atoms with E-state index >= 15 is 0 Å². The molecule has 0 aliphatic carbocycles. The van der Waals surface area contributed by atoms with E-state index in [2.05, 4.69) is 18.5 Å². The highest BCUT2D eigenvalue weighted by atomic mass is 31.1. The van der Waals surface area contributed by atoms with Gasteiger partial charge in [-0.2, -0.15) is 0 Å². The summed E-state index contributed by atoms with van der Waals surface area (Å²) in [7, 11) is 1.40. The molecule has 0 aromatic heterocycles. The van der Waals surface area contributed by atoms with Gasteiger partial charge in [0.05, 0.1) is 0 Å². The van der Waals surface area contributed by atoms with Crippen LogP contribution in [0.5, 0.6) is 0 Å². The van der Waals surface area contributed by atoms with Gasteiger partial charge in [0.2, 0.25) is 0 Å². The third-order valence-electron chi connectivity index (χ3n) is 0.814. The van der Waals surface area contributed by atoms with Gasteiger partial charge in [0.1, 0.15) is 0 Å². The minimum absolute atomic E-state index is 1.21. The molecule has 0 saturated carbocycles. The molecule has 0 amide bonds. The van der Waals surface area contributed by atoms with E-state index < -0.39 is 0 Å². The molecule has 1 aliphatic rings. The van der Waals surface area contributed by atoms with Crippen LogP contribution in [0, 0.1) is 0 Å². The molecule has 0 atom stereocenters. The lowest BCUT2D eigenvalue weighted by molar-refractivity contribution is 1.33.